The van der Waals surface area contributed by atoms with Crippen LogP contribution in [0.5, 0.6) is 5.75 Å². The van der Waals surface area contributed by atoms with Crippen LogP contribution in [0.4, 0.5) is 34.8 Å². The van der Waals surface area contributed by atoms with Crippen LogP contribution in [-0.2, 0) is 11.0 Å². The number of ether oxygens (including phenoxy) is 1. The van der Waals surface area contributed by atoms with E-state index < -0.39 is 28.5 Å². The summed E-state index contributed by atoms with van der Waals surface area (Å²) in [5.41, 5.74) is -0.428. The van der Waals surface area contributed by atoms with Gasteiger partial charge >= 0.3 is 6.18 Å². The molecular weight excluding hydrogens is 478 g/mol. The van der Waals surface area contributed by atoms with E-state index in [9.17, 15) is 22.4 Å². The fraction of sp³-hybridized carbons (Fsp3) is 0.227. The molecule has 1 amide bonds. The second-order valence-electron chi connectivity index (χ2n) is 7.38. The van der Waals surface area contributed by atoms with E-state index in [1.54, 1.807) is 19.0 Å². The van der Waals surface area contributed by atoms with E-state index in [2.05, 4.69) is 20.6 Å². The lowest BCUT2D eigenvalue weighted by Gasteiger charge is -2.15. The van der Waals surface area contributed by atoms with Gasteiger partial charge in [0, 0.05) is 23.7 Å². The Hall–Kier alpha value is -3.44. The summed E-state index contributed by atoms with van der Waals surface area (Å²) in [6.45, 7) is 0.219. The second-order valence-corrected chi connectivity index (χ2v) is 7.78. The molecule has 3 rings (SSSR count). The summed E-state index contributed by atoms with van der Waals surface area (Å²) in [5.74, 6) is -1.61. The van der Waals surface area contributed by atoms with Gasteiger partial charge in [-0.1, -0.05) is 11.6 Å². The van der Waals surface area contributed by atoms with Crippen molar-refractivity contribution in [1.82, 2.24) is 14.9 Å². The maximum absolute atomic E-state index is 14.2. The Labute approximate surface area is 197 Å². The average molecular weight is 498 g/mol. The van der Waals surface area contributed by atoms with E-state index in [0.29, 0.717) is 10.9 Å². The predicted octanol–water partition coefficient (Wildman–Crippen LogP) is 5.41. The van der Waals surface area contributed by atoms with Crippen LogP contribution in [0.15, 0.2) is 48.6 Å². The van der Waals surface area contributed by atoms with Crippen LogP contribution in [0.3, 0.4) is 0 Å². The van der Waals surface area contributed by atoms with E-state index in [0.717, 1.165) is 18.2 Å². The zero-order chi connectivity index (χ0) is 25.0. The number of likely N-dealkylation sites (N-methyl/N-ethyl adjacent to an activating group) is 1. The molecule has 34 heavy (non-hydrogen) atoms. The van der Waals surface area contributed by atoms with Crippen molar-refractivity contribution in [3.05, 3.63) is 59.1 Å². The van der Waals surface area contributed by atoms with Gasteiger partial charge in [-0.15, -0.1) is 0 Å². The number of anilines is 3. The Morgan fingerprint density at radius 1 is 1.21 bits per heavy atom. The molecule has 0 fully saturated rings. The van der Waals surface area contributed by atoms with Crippen LogP contribution in [0.2, 0.25) is 5.02 Å². The molecule has 7 nitrogen and oxygen atoms in total. The van der Waals surface area contributed by atoms with Crippen molar-refractivity contribution in [3.63, 3.8) is 0 Å². The van der Waals surface area contributed by atoms with Gasteiger partial charge in [0.1, 0.15) is 17.9 Å². The lowest BCUT2D eigenvalue weighted by atomic mass is 10.1. The molecule has 0 radical (unpaired) electrons. The number of amides is 1. The van der Waals surface area contributed by atoms with Crippen molar-refractivity contribution in [1.29, 1.82) is 0 Å². The third-order valence-electron chi connectivity index (χ3n) is 4.59. The molecule has 0 atom stereocenters. The van der Waals surface area contributed by atoms with Crippen molar-refractivity contribution >= 4 is 45.6 Å². The lowest BCUT2D eigenvalue weighted by molar-refractivity contribution is -0.137. The molecule has 0 aliphatic carbocycles. The number of nitrogens with one attached hydrogen (secondary N) is 2. The standard InChI is InChI=1S/C22H20ClF4N5O2/c1-32(2)7-6-16(24)21(33)31-18-9-13-17(10-19(18)34-3)28-11-29-20(13)30-12-4-5-15(23)14(8-12)22(25,26)27/h4-6,8-11H,7H2,1-3H3,(H,31,33)(H,28,29,30)/b16-6-. The minimum absolute atomic E-state index is 0.0794. The van der Waals surface area contributed by atoms with E-state index in [1.165, 1.54) is 31.6 Å². The zero-order valence-electron chi connectivity index (χ0n) is 18.3. The number of carbonyl (C=O) groups is 1. The number of hydrogen-bond donors (Lipinski definition) is 2. The van der Waals surface area contributed by atoms with Crippen LogP contribution in [0, 0.1) is 0 Å². The molecule has 0 saturated heterocycles. The molecule has 0 unspecified atom stereocenters. The molecule has 0 bridgehead atoms. The Morgan fingerprint density at radius 2 is 1.94 bits per heavy atom. The number of benzene rings is 2. The molecule has 12 heteroatoms. The normalized spacial score (nSPS) is 12.2. The summed E-state index contributed by atoms with van der Waals surface area (Å²) in [5, 5.41) is 5.14. The SMILES string of the molecule is COc1cc2ncnc(Nc3ccc(Cl)c(C(F)(F)F)c3)c2cc1NC(=O)/C(F)=C/CN(C)C. The Balaban J connectivity index is 1.99. The van der Waals surface area contributed by atoms with Gasteiger partial charge in [0.2, 0.25) is 0 Å². The van der Waals surface area contributed by atoms with Crippen molar-refractivity contribution in [2.24, 2.45) is 0 Å². The maximum Gasteiger partial charge on any atom is 0.417 e. The molecule has 180 valence electrons. The number of nitrogens with zero attached hydrogens (tertiary/aromatic N) is 3. The fourth-order valence-corrected chi connectivity index (χ4v) is 3.17. The van der Waals surface area contributed by atoms with Crippen molar-refractivity contribution in [2.75, 3.05) is 38.4 Å². The molecular formula is C22H20ClF4N5O2. The molecule has 2 aromatic carbocycles. The number of hydrogen-bond acceptors (Lipinski definition) is 6. The molecule has 1 aromatic heterocycles. The van der Waals surface area contributed by atoms with Gasteiger partial charge in [-0.2, -0.15) is 13.2 Å². The minimum atomic E-state index is -4.64. The summed E-state index contributed by atoms with van der Waals surface area (Å²) < 4.78 is 59.1. The van der Waals surface area contributed by atoms with Gasteiger partial charge in [-0.3, -0.25) is 4.79 Å². The number of aromatic nitrogens is 2. The highest BCUT2D eigenvalue weighted by Crippen LogP contribution is 2.38. The van der Waals surface area contributed by atoms with Crippen LogP contribution < -0.4 is 15.4 Å². The minimum Gasteiger partial charge on any atom is -0.494 e. The Morgan fingerprint density at radius 3 is 2.59 bits per heavy atom. The first-order valence-corrected chi connectivity index (χ1v) is 10.2. The molecule has 0 saturated carbocycles. The third kappa shape index (κ3) is 5.91. The first kappa shape index (κ1) is 25.2. The van der Waals surface area contributed by atoms with E-state index in [4.69, 9.17) is 16.3 Å². The average Bonchev–Trinajstić information content (AvgIpc) is 2.77. The van der Waals surface area contributed by atoms with Gasteiger partial charge in [0.05, 0.1) is 28.9 Å². The smallest absolute Gasteiger partial charge is 0.417 e. The summed E-state index contributed by atoms with van der Waals surface area (Å²) in [7, 11) is 4.81. The molecule has 1 heterocycles. The number of methoxy groups -OCH3 is 1. The number of alkyl halides is 3. The van der Waals surface area contributed by atoms with E-state index in [-0.39, 0.29) is 29.5 Å². The molecule has 3 aromatic rings. The summed E-state index contributed by atoms with van der Waals surface area (Å²) in [6, 6.07) is 6.26. The van der Waals surface area contributed by atoms with Gasteiger partial charge in [-0.05, 0) is 44.4 Å². The van der Waals surface area contributed by atoms with Gasteiger partial charge in [-0.25, -0.2) is 14.4 Å². The Kier molecular flexibility index (Phi) is 7.57. The predicted molar refractivity (Wildman–Crippen MR) is 122 cm³/mol. The van der Waals surface area contributed by atoms with Gasteiger partial charge < -0.3 is 20.3 Å². The van der Waals surface area contributed by atoms with Crippen LogP contribution >= 0.6 is 11.6 Å². The highest BCUT2D eigenvalue weighted by atomic mass is 35.5. The van der Waals surface area contributed by atoms with Crippen molar-refractivity contribution < 1.29 is 27.1 Å². The monoisotopic (exact) mass is 497 g/mol. The fourth-order valence-electron chi connectivity index (χ4n) is 2.94. The molecule has 0 aliphatic heterocycles. The molecule has 0 aliphatic rings. The highest BCUT2D eigenvalue weighted by Gasteiger charge is 2.33. The summed E-state index contributed by atoms with van der Waals surface area (Å²) >= 11 is 5.68. The van der Waals surface area contributed by atoms with E-state index >= 15 is 0 Å². The highest BCUT2D eigenvalue weighted by molar-refractivity contribution is 6.31. The molecule has 2 N–H and O–H groups in total. The zero-order valence-corrected chi connectivity index (χ0v) is 19.1. The second kappa shape index (κ2) is 10.2. The van der Waals surface area contributed by atoms with Crippen LogP contribution in [0.25, 0.3) is 10.9 Å². The van der Waals surface area contributed by atoms with Crippen LogP contribution in [0.1, 0.15) is 5.56 Å². The number of fused-ring (bicyclic) bond motifs is 1. The van der Waals surface area contributed by atoms with Gasteiger partial charge in [0.25, 0.3) is 5.91 Å². The number of rotatable bonds is 7. The number of halogens is 5. The summed E-state index contributed by atoms with van der Waals surface area (Å²) in [4.78, 5) is 22.2. The maximum atomic E-state index is 14.2. The quantitative estimate of drug-likeness (QED) is 0.336. The lowest BCUT2D eigenvalue weighted by Crippen LogP contribution is -2.16. The third-order valence-corrected chi connectivity index (χ3v) is 4.92. The largest absolute Gasteiger partial charge is 0.494 e. The van der Waals surface area contributed by atoms with Crippen molar-refractivity contribution in [2.45, 2.75) is 6.18 Å². The topological polar surface area (TPSA) is 79.4 Å². The first-order chi connectivity index (χ1) is 16.0. The van der Waals surface area contributed by atoms with Crippen LogP contribution in [-0.4, -0.2) is 48.5 Å². The summed E-state index contributed by atoms with van der Waals surface area (Å²) in [6.07, 6.45) is -2.30. The van der Waals surface area contributed by atoms with Gasteiger partial charge in [0.15, 0.2) is 5.83 Å². The van der Waals surface area contributed by atoms with E-state index in [1.807, 2.05) is 0 Å². The molecule has 0 spiro atoms. The first-order valence-electron chi connectivity index (χ1n) is 9.78. The Bertz CT molecular complexity index is 1250. The number of carbonyl (C=O) groups excluding carboxylic acids is 1. The van der Waals surface area contributed by atoms with Crippen molar-refractivity contribution in [3.8, 4) is 5.75 Å².